The zero-order valence-electron chi connectivity index (χ0n) is 10.4. The Balaban J connectivity index is 2.79. The average molecular weight is 256 g/mol. The molecule has 17 heavy (non-hydrogen) atoms. The van der Waals surface area contributed by atoms with E-state index in [0.29, 0.717) is 17.4 Å². The summed E-state index contributed by atoms with van der Waals surface area (Å²) < 4.78 is 0. The normalized spacial score (nSPS) is 12.5. The molecule has 1 unspecified atom stereocenters. The summed E-state index contributed by atoms with van der Waals surface area (Å²) in [5.41, 5.74) is 3.47. The zero-order valence-corrected chi connectivity index (χ0v) is 11.1. The predicted octanol–water partition coefficient (Wildman–Crippen LogP) is 3.15. The summed E-state index contributed by atoms with van der Waals surface area (Å²) in [5.74, 6) is 0.433. The van der Waals surface area contributed by atoms with Crippen molar-refractivity contribution in [1.82, 2.24) is 5.48 Å². The average Bonchev–Trinajstić information content (AvgIpc) is 2.27. The molecule has 1 N–H and O–H groups in total. The summed E-state index contributed by atoms with van der Waals surface area (Å²) in [6.07, 6.45) is 0.410. The molecule has 0 spiro atoms. The second kappa shape index (κ2) is 6.62. The van der Waals surface area contributed by atoms with Crippen molar-refractivity contribution >= 4 is 17.5 Å². The van der Waals surface area contributed by atoms with Crippen LogP contribution >= 0.6 is 11.6 Å². The van der Waals surface area contributed by atoms with Gasteiger partial charge in [0.25, 0.3) is 0 Å². The molecule has 0 fully saturated rings. The van der Waals surface area contributed by atoms with Gasteiger partial charge in [0.05, 0.1) is 7.11 Å². The first kappa shape index (κ1) is 14.0. The van der Waals surface area contributed by atoms with Gasteiger partial charge >= 0.3 is 0 Å². The van der Waals surface area contributed by atoms with Crippen LogP contribution in [0.2, 0.25) is 5.02 Å². The van der Waals surface area contributed by atoms with Crippen LogP contribution in [0.1, 0.15) is 31.7 Å². The minimum atomic E-state index is -0.110. The Kier molecular flexibility index (Phi) is 5.45. The second-order valence-electron chi connectivity index (χ2n) is 4.34. The molecule has 0 saturated heterocycles. The van der Waals surface area contributed by atoms with Crippen LogP contribution in [0.3, 0.4) is 0 Å². The highest BCUT2D eigenvalue weighted by Crippen LogP contribution is 2.28. The lowest BCUT2D eigenvalue weighted by atomic mass is 9.85. The Labute approximate surface area is 107 Å². The number of carbonyl (C=O) groups excluding carboxylic acids is 1. The fourth-order valence-electron chi connectivity index (χ4n) is 1.80. The van der Waals surface area contributed by atoms with Crippen LogP contribution in [0.5, 0.6) is 0 Å². The van der Waals surface area contributed by atoms with Crippen molar-refractivity contribution in [1.29, 1.82) is 0 Å². The molecule has 1 rings (SSSR count). The minimum absolute atomic E-state index is 0.110. The molecule has 1 aromatic carbocycles. The van der Waals surface area contributed by atoms with Gasteiger partial charge in [-0.3, -0.25) is 9.63 Å². The number of carbonyl (C=O) groups is 1. The van der Waals surface area contributed by atoms with E-state index in [9.17, 15) is 4.79 Å². The maximum atomic E-state index is 11.5. The van der Waals surface area contributed by atoms with Crippen LogP contribution in [0.25, 0.3) is 0 Å². The standard InChI is InChI=1S/C13H18ClNO2/c1-9(2)12(8-13(16)15-17-3)10-4-6-11(14)7-5-10/h4-7,9,12H,8H2,1-3H3,(H,15,16). The van der Waals surface area contributed by atoms with E-state index in [4.69, 9.17) is 11.6 Å². The molecular weight excluding hydrogens is 238 g/mol. The summed E-state index contributed by atoms with van der Waals surface area (Å²) in [6.45, 7) is 4.19. The highest BCUT2D eigenvalue weighted by Gasteiger charge is 2.19. The van der Waals surface area contributed by atoms with E-state index in [1.807, 2.05) is 24.3 Å². The van der Waals surface area contributed by atoms with E-state index in [2.05, 4.69) is 24.2 Å². The summed E-state index contributed by atoms with van der Waals surface area (Å²) in [4.78, 5) is 16.2. The third-order valence-corrected chi connectivity index (χ3v) is 2.98. The highest BCUT2D eigenvalue weighted by molar-refractivity contribution is 6.30. The van der Waals surface area contributed by atoms with Gasteiger partial charge in [-0.2, -0.15) is 0 Å². The van der Waals surface area contributed by atoms with Gasteiger partial charge < -0.3 is 0 Å². The number of benzene rings is 1. The third kappa shape index (κ3) is 4.36. The van der Waals surface area contributed by atoms with Gasteiger partial charge in [0, 0.05) is 11.4 Å². The lowest BCUT2D eigenvalue weighted by Gasteiger charge is -2.20. The predicted molar refractivity (Wildman–Crippen MR) is 68.8 cm³/mol. The van der Waals surface area contributed by atoms with Crippen LogP contribution in [0, 0.1) is 5.92 Å². The Morgan fingerprint density at radius 2 is 1.94 bits per heavy atom. The van der Waals surface area contributed by atoms with Crippen LogP contribution in [-0.4, -0.2) is 13.0 Å². The number of rotatable bonds is 5. The van der Waals surface area contributed by atoms with Gasteiger partial charge in [-0.15, -0.1) is 0 Å². The Hall–Kier alpha value is -1.06. The largest absolute Gasteiger partial charge is 0.277 e. The number of nitrogens with one attached hydrogen (secondary N) is 1. The zero-order chi connectivity index (χ0) is 12.8. The smallest absolute Gasteiger partial charge is 0.244 e. The topological polar surface area (TPSA) is 38.3 Å². The molecule has 0 bridgehead atoms. The molecule has 0 aliphatic carbocycles. The third-order valence-electron chi connectivity index (χ3n) is 2.72. The molecule has 0 heterocycles. The first-order chi connectivity index (χ1) is 8.04. The lowest BCUT2D eigenvalue weighted by molar-refractivity contribution is -0.131. The van der Waals surface area contributed by atoms with E-state index >= 15 is 0 Å². The molecule has 0 aliphatic rings. The Morgan fingerprint density at radius 1 is 1.35 bits per heavy atom. The van der Waals surface area contributed by atoms with E-state index < -0.39 is 0 Å². The molecule has 0 aliphatic heterocycles. The molecule has 0 aromatic heterocycles. The molecule has 1 atom stereocenters. The van der Waals surface area contributed by atoms with Crippen molar-refractivity contribution in [2.75, 3.05) is 7.11 Å². The van der Waals surface area contributed by atoms with Crippen LogP contribution in [0.15, 0.2) is 24.3 Å². The van der Waals surface area contributed by atoms with Crippen molar-refractivity contribution in [3.05, 3.63) is 34.9 Å². The molecule has 0 saturated carbocycles. The first-order valence-corrected chi connectivity index (χ1v) is 5.99. The van der Waals surface area contributed by atoms with Crippen molar-refractivity contribution < 1.29 is 9.63 Å². The molecule has 1 amide bonds. The Morgan fingerprint density at radius 3 is 2.41 bits per heavy atom. The van der Waals surface area contributed by atoms with E-state index in [1.165, 1.54) is 7.11 Å². The van der Waals surface area contributed by atoms with E-state index in [1.54, 1.807) is 0 Å². The van der Waals surface area contributed by atoms with Gasteiger partial charge in [0.2, 0.25) is 5.91 Å². The number of amides is 1. The lowest BCUT2D eigenvalue weighted by Crippen LogP contribution is -2.25. The quantitative estimate of drug-likeness (QED) is 0.821. The van der Waals surface area contributed by atoms with Crippen molar-refractivity contribution in [3.63, 3.8) is 0 Å². The molecule has 0 radical (unpaired) electrons. The number of halogens is 1. The fourth-order valence-corrected chi connectivity index (χ4v) is 1.93. The maximum Gasteiger partial charge on any atom is 0.244 e. The maximum absolute atomic E-state index is 11.5. The van der Waals surface area contributed by atoms with Crippen molar-refractivity contribution in [3.8, 4) is 0 Å². The molecular formula is C13H18ClNO2. The highest BCUT2D eigenvalue weighted by atomic mass is 35.5. The van der Waals surface area contributed by atoms with Crippen molar-refractivity contribution in [2.45, 2.75) is 26.2 Å². The van der Waals surface area contributed by atoms with Crippen LogP contribution < -0.4 is 5.48 Å². The fraction of sp³-hybridized carbons (Fsp3) is 0.462. The summed E-state index contributed by atoms with van der Waals surface area (Å²) in [6, 6.07) is 7.63. The SMILES string of the molecule is CONC(=O)CC(c1ccc(Cl)cc1)C(C)C. The van der Waals surface area contributed by atoms with Crippen molar-refractivity contribution in [2.24, 2.45) is 5.92 Å². The van der Waals surface area contributed by atoms with Gasteiger partial charge in [-0.25, -0.2) is 5.48 Å². The van der Waals surface area contributed by atoms with Gasteiger partial charge in [0.1, 0.15) is 0 Å². The second-order valence-corrected chi connectivity index (χ2v) is 4.77. The summed E-state index contributed by atoms with van der Waals surface area (Å²) >= 11 is 5.85. The minimum Gasteiger partial charge on any atom is -0.277 e. The number of hydrogen-bond donors (Lipinski definition) is 1. The van der Waals surface area contributed by atoms with E-state index in [0.717, 1.165) is 5.56 Å². The molecule has 3 nitrogen and oxygen atoms in total. The van der Waals surface area contributed by atoms with Crippen LogP contribution in [0.4, 0.5) is 0 Å². The van der Waals surface area contributed by atoms with Crippen LogP contribution in [-0.2, 0) is 9.63 Å². The van der Waals surface area contributed by atoms with Gasteiger partial charge in [-0.05, 0) is 29.5 Å². The summed E-state index contributed by atoms with van der Waals surface area (Å²) in [7, 11) is 1.44. The summed E-state index contributed by atoms with van der Waals surface area (Å²) in [5, 5.41) is 0.706. The van der Waals surface area contributed by atoms with Gasteiger partial charge in [0.15, 0.2) is 0 Å². The molecule has 94 valence electrons. The monoisotopic (exact) mass is 255 g/mol. The number of hydroxylamine groups is 1. The molecule has 4 heteroatoms. The Bertz CT molecular complexity index is 362. The molecule has 1 aromatic rings. The first-order valence-electron chi connectivity index (χ1n) is 5.62. The number of hydrogen-bond acceptors (Lipinski definition) is 2. The van der Waals surface area contributed by atoms with E-state index in [-0.39, 0.29) is 11.8 Å². The van der Waals surface area contributed by atoms with Gasteiger partial charge in [-0.1, -0.05) is 37.6 Å².